The summed E-state index contributed by atoms with van der Waals surface area (Å²) >= 11 is 7.15. The lowest BCUT2D eigenvalue weighted by molar-refractivity contribution is 0.387. The number of sulfone groups is 1. The zero-order chi connectivity index (χ0) is 29.5. The van der Waals surface area contributed by atoms with Gasteiger partial charge in [-0.1, -0.05) is 6.92 Å². The van der Waals surface area contributed by atoms with Crippen LogP contribution in [0.25, 0.3) is 17.1 Å². The highest BCUT2D eigenvalue weighted by Crippen LogP contribution is 2.46. The minimum absolute atomic E-state index is 0.210. The Morgan fingerprint density at radius 3 is 2.20 bits per heavy atom. The van der Waals surface area contributed by atoms with Crippen molar-refractivity contribution in [3.8, 4) is 28.6 Å². The normalized spacial score (nSPS) is 15.0. The molecule has 1 aliphatic rings. The van der Waals surface area contributed by atoms with Crippen LogP contribution in [0.3, 0.4) is 0 Å². The van der Waals surface area contributed by atoms with Crippen molar-refractivity contribution in [2.24, 2.45) is 0 Å². The number of benzene rings is 1. The second-order valence-electron chi connectivity index (χ2n) is 10.2. The number of nitrogens with zero attached hydrogens (tertiary/aromatic N) is 6. The van der Waals surface area contributed by atoms with Crippen LogP contribution in [0.4, 0.5) is 0 Å². The van der Waals surface area contributed by atoms with Crippen LogP contribution in [0, 0.1) is 6.92 Å². The molecule has 0 radical (unpaired) electrons. The Bertz CT molecular complexity index is 1660. The van der Waals surface area contributed by atoms with Crippen LogP contribution in [0.1, 0.15) is 61.3 Å². The average molecular weight is 706 g/mol. The number of ether oxygens (including phenoxy) is 2. The van der Waals surface area contributed by atoms with E-state index in [0.717, 1.165) is 24.0 Å². The summed E-state index contributed by atoms with van der Waals surface area (Å²) < 4.78 is 42.3. The van der Waals surface area contributed by atoms with E-state index in [0.29, 0.717) is 49.3 Å². The van der Waals surface area contributed by atoms with Gasteiger partial charge < -0.3 is 9.47 Å². The Hall–Kier alpha value is -2.90. The topological polar surface area (TPSA) is 122 Å². The number of methoxy groups -OCH3 is 2. The second-order valence-corrected chi connectivity index (χ2v) is 14.3. The van der Waals surface area contributed by atoms with E-state index in [4.69, 9.17) is 9.47 Å². The van der Waals surface area contributed by atoms with Crippen molar-refractivity contribution in [2.45, 2.75) is 56.5 Å². The maximum atomic E-state index is 13.9. The number of hydrogen-bond acceptors (Lipinski definition) is 9. The molecule has 1 saturated carbocycles. The number of aryl methyl sites for hydroxylation is 1. The van der Waals surface area contributed by atoms with Crippen molar-refractivity contribution >= 4 is 41.7 Å². The van der Waals surface area contributed by atoms with Gasteiger partial charge in [0.2, 0.25) is 0 Å². The molecule has 0 N–H and O–H groups in total. The van der Waals surface area contributed by atoms with Gasteiger partial charge >= 0.3 is 0 Å². The van der Waals surface area contributed by atoms with E-state index < -0.39 is 21.0 Å². The van der Waals surface area contributed by atoms with E-state index in [1.54, 1.807) is 30.1 Å². The van der Waals surface area contributed by atoms with Gasteiger partial charge in [0, 0.05) is 36.3 Å². The molecule has 13 heteroatoms. The maximum Gasteiger partial charge on any atom is 0.170 e. The Morgan fingerprint density at radius 2 is 1.61 bits per heavy atom. The second kappa shape index (κ2) is 11.8. The summed E-state index contributed by atoms with van der Waals surface area (Å²) in [6, 6.07) is 3.84. The largest absolute Gasteiger partial charge is 0.493 e. The summed E-state index contributed by atoms with van der Waals surface area (Å²) in [5.41, 5.74) is 3.18. The number of hydrogen-bond donors (Lipinski definition) is 0. The molecule has 2 atom stereocenters. The monoisotopic (exact) mass is 704 g/mol. The standard InChI is InChI=1S/C28H30Br2N6O4S/c1-15-10-32-27(33-11-15)16(2)17(3)41(37,38)14-23-34-35-28(20-8-19(12-31-13-20)18-6-7-18)36(23)24-25(39-4)21(29)9-22(30)26(24)40-5/h8-13,16-18H,6-7,14H2,1-5H3/t16-,17-/m0/s1. The van der Waals surface area contributed by atoms with Gasteiger partial charge in [-0.05, 0) is 87.7 Å². The predicted molar refractivity (Wildman–Crippen MR) is 162 cm³/mol. The minimum atomic E-state index is -3.77. The van der Waals surface area contributed by atoms with Crippen molar-refractivity contribution in [1.82, 2.24) is 29.7 Å². The van der Waals surface area contributed by atoms with E-state index in [1.807, 2.05) is 32.2 Å². The molecular formula is C28H30Br2N6O4S. The molecule has 216 valence electrons. The molecule has 41 heavy (non-hydrogen) atoms. The van der Waals surface area contributed by atoms with Crippen molar-refractivity contribution in [1.29, 1.82) is 0 Å². The van der Waals surface area contributed by atoms with Gasteiger partial charge in [0.05, 0.1) is 28.4 Å². The molecule has 4 aromatic rings. The van der Waals surface area contributed by atoms with E-state index in [2.05, 4.69) is 57.0 Å². The van der Waals surface area contributed by atoms with E-state index >= 15 is 0 Å². The number of aromatic nitrogens is 6. The van der Waals surface area contributed by atoms with Gasteiger partial charge in [-0.2, -0.15) is 0 Å². The maximum absolute atomic E-state index is 13.9. The first-order chi connectivity index (χ1) is 19.6. The Morgan fingerprint density at radius 1 is 0.976 bits per heavy atom. The van der Waals surface area contributed by atoms with Crippen molar-refractivity contribution in [3.05, 3.63) is 68.6 Å². The number of halogens is 2. The SMILES string of the molecule is COc1c(Br)cc(Br)c(OC)c1-n1c(CS(=O)(=O)[C@@H](C)[C@H](C)c2ncc(C)cn2)nnc1-c1cncc(C2CC2)c1. The lowest BCUT2D eigenvalue weighted by Gasteiger charge is -2.21. The van der Waals surface area contributed by atoms with Crippen molar-refractivity contribution < 1.29 is 17.9 Å². The van der Waals surface area contributed by atoms with E-state index in [-0.39, 0.29) is 11.6 Å². The Balaban J connectivity index is 1.66. The van der Waals surface area contributed by atoms with Crippen molar-refractivity contribution in [3.63, 3.8) is 0 Å². The van der Waals surface area contributed by atoms with Crippen LogP contribution in [0.2, 0.25) is 0 Å². The van der Waals surface area contributed by atoms with E-state index in [9.17, 15) is 8.42 Å². The summed E-state index contributed by atoms with van der Waals surface area (Å²) in [6.45, 7) is 5.37. The van der Waals surface area contributed by atoms with Crippen LogP contribution >= 0.6 is 31.9 Å². The summed E-state index contributed by atoms with van der Waals surface area (Å²) in [6.07, 6.45) is 9.17. The highest BCUT2D eigenvalue weighted by molar-refractivity contribution is 9.11. The molecular weight excluding hydrogens is 676 g/mol. The predicted octanol–water partition coefficient (Wildman–Crippen LogP) is 5.95. The molecule has 5 rings (SSSR count). The molecule has 0 spiro atoms. The molecule has 1 aromatic carbocycles. The van der Waals surface area contributed by atoms with Crippen LogP contribution < -0.4 is 9.47 Å². The first-order valence-electron chi connectivity index (χ1n) is 13.1. The summed E-state index contributed by atoms with van der Waals surface area (Å²) in [7, 11) is -0.686. The molecule has 1 fully saturated rings. The van der Waals surface area contributed by atoms with Crippen molar-refractivity contribution in [2.75, 3.05) is 14.2 Å². The fourth-order valence-electron chi connectivity index (χ4n) is 4.69. The van der Waals surface area contributed by atoms with Gasteiger partial charge in [-0.15, -0.1) is 10.2 Å². The highest BCUT2D eigenvalue weighted by Gasteiger charge is 2.34. The van der Waals surface area contributed by atoms with Crippen LogP contribution in [-0.2, 0) is 15.6 Å². The number of pyridine rings is 1. The summed E-state index contributed by atoms with van der Waals surface area (Å²) in [5, 5.41) is 8.11. The van der Waals surface area contributed by atoms with Crippen LogP contribution in [0.5, 0.6) is 11.5 Å². The van der Waals surface area contributed by atoms with Gasteiger partial charge in [0.15, 0.2) is 33.0 Å². The van der Waals surface area contributed by atoms with Gasteiger partial charge in [0.1, 0.15) is 17.3 Å². The smallest absolute Gasteiger partial charge is 0.170 e. The molecule has 0 unspecified atom stereocenters. The molecule has 10 nitrogen and oxygen atoms in total. The Kier molecular flexibility index (Phi) is 8.49. The molecule has 3 heterocycles. The number of rotatable bonds is 10. The van der Waals surface area contributed by atoms with Crippen LogP contribution in [-0.4, -0.2) is 57.6 Å². The first-order valence-corrected chi connectivity index (χ1v) is 16.4. The van der Waals surface area contributed by atoms with Gasteiger partial charge in [-0.3, -0.25) is 9.55 Å². The fourth-order valence-corrected chi connectivity index (χ4v) is 7.70. The molecule has 0 aliphatic heterocycles. The highest BCUT2D eigenvalue weighted by atomic mass is 79.9. The lowest BCUT2D eigenvalue weighted by atomic mass is 10.1. The van der Waals surface area contributed by atoms with Gasteiger partial charge in [-0.25, -0.2) is 18.4 Å². The zero-order valence-corrected chi connectivity index (χ0v) is 27.3. The van der Waals surface area contributed by atoms with Crippen LogP contribution in [0.15, 0.2) is 45.9 Å². The third kappa shape index (κ3) is 5.89. The quantitative estimate of drug-likeness (QED) is 0.197. The lowest BCUT2D eigenvalue weighted by Crippen LogP contribution is -2.27. The molecule has 0 bridgehead atoms. The third-order valence-electron chi connectivity index (χ3n) is 7.35. The molecule has 0 saturated heterocycles. The van der Waals surface area contributed by atoms with Gasteiger partial charge in [0.25, 0.3) is 0 Å². The third-order valence-corrected chi connectivity index (χ3v) is 10.7. The fraction of sp³-hybridized carbons (Fsp3) is 0.393. The zero-order valence-electron chi connectivity index (χ0n) is 23.3. The molecule has 3 aromatic heterocycles. The summed E-state index contributed by atoms with van der Waals surface area (Å²) in [5.74, 6) is 1.61. The van der Waals surface area contributed by atoms with E-state index in [1.165, 1.54) is 14.2 Å². The average Bonchev–Trinajstić information content (AvgIpc) is 3.73. The Labute approximate surface area is 256 Å². The molecule has 0 amide bonds. The molecule has 1 aliphatic carbocycles. The minimum Gasteiger partial charge on any atom is -0.493 e. The summed E-state index contributed by atoms with van der Waals surface area (Å²) in [4.78, 5) is 13.2. The first kappa shape index (κ1) is 29.6.